The van der Waals surface area contributed by atoms with E-state index in [4.69, 9.17) is 23.2 Å². The molecule has 1 saturated heterocycles. The van der Waals surface area contributed by atoms with Gasteiger partial charge in [-0.1, -0.05) is 17.7 Å². The van der Waals surface area contributed by atoms with Crippen LogP contribution in [0, 0.1) is 0 Å². The minimum absolute atomic E-state index is 0.0202. The Labute approximate surface area is 121 Å². The van der Waals surface area contributed by atoms with Gasteiger partial charge in [0.15, 0.2) is 9.84 Å². The largest absolute Gasteiger partial charge is 0.240 e. The van der Waals surface area contributed by atoms with Gasteiger partial charge in [-0.05, 0) is 18.2 Å². The molecular weight excluding hydrogens is 333 g/mol. The Hall–Kier alpha value is -0.340. The Morgan fingerprint density at radius 1 is 1.26 bits per heavy atom. The van der Waals surface area contributed by atoms with E-state index in [2.05, 4.69) is 4.72 Å². The van der Waals surface area contributed by atoms with Crippen molar-refractivity contribution in [3.05, 3.63) is 29.3 Å². The van der Waals surface area contributed by atoms with E-state index in [1.807, 2.05) is 0 Å². The first kappa shape index (κ1) is 15.1. The molecule has 1 aliphatic rings. The summed E-state index contributed by atoms with van der Waals surface area (Å²) >= 11 is 11.6. The smallest absolute Gasteiger partial charge is 0.229 e. The number of hydrogen-bond acceptors (Lipinski definition) is 4. The van der Waals surface area contributed by atoms with Crippen LogP contribution in [0.4, 0.5) is 0 Å². The van der Waals surface area contributed by atoms with E-state index in [0.717, 1.165) is 0 Å². The van der Waals surface area contributed by atoms with Gasteiger partial charge in [-0.3, -0.25) is 0 Å². The van der Waals surface area contributed by atoms with Crippen molar-refractivity contribution in [2.24, 2.45) is 0 Å². The third-order valence-electron chi connectivity index (χ3n) is 2.70. The van der Waals surface area contributed by atoms with Crippen LogP contribution in [0.3, 0.4) is 0 Å². The number of hydrogen-bond donors (Lipinski definition) is 1. The van der Waals surface area contributed by atoms with Crippen molar-refractivity contribution in [1.82, 2.24) is 4.72 Å². The third-order valence-corrected chi connectivity index (χ3v) is 6.79. The van der Waals surface area contributed by atoms with Gasteiger partial charge in [0.2, 0.25) is 10.0 Å². The number of nitrogens with one attached hydrogen (secondary N) is 1. The molecule has 0 amide bonds. The van der Waals surface area contributed by atoms with Crippen LogP contribution in [-0.2, 0) is 19.9 Å². The SMILES string of the molecule is O=S1(=O)CC(Cl)C(NS(=O)(=O)c2cccc(Cl)c2)C1. The fourth-order valence-corrected chi connectivity index (χ4v) is 6.12. The van der Waals surface area contributed by atoms with Crippen molar-refractivity contribution in [3.63, 3.8) is 0 Å². The molecule has 2 atom stereocenters. The summed E-state index contributed by atoms with van der Waals surface area (Å²) in [6.07, 6.45) is 0. The summed E-state index contributed by atoms with van der Waals surface area (Å²) in [5.41, 5.74) is 0. The lowest BCUT2D eigenvalue weighted by Gasteiger charge is -2.14. The number of halogens is 2. The molecule has 106 valence electrons. The molecule has 1 N–H and O–H groups in total. The summed E-state index contributed by atoms with van der Waals surface area (Å²) < 4.78 is 49.2. The second-order valence-corrected chi connectivity index (χ2v) is 9.14. The van der Waals surface area contributed by atoms with E-state index in [-0.39, 0.29) is 21.4 Å². The molecule has 0 saturated carbocycles. The Morgan fingerprint density at radius 2 is 1.95 bits per heavy atom. The van der Waals surface area contributed by atoms with Gasteiger partial charge in [-0.15, -0.1) is 11.6 Å². The molecular formula is C10H11Cl2NO4S2. The van der Waals surface area contributed by atoms with Crippen molar-refractivity contribution < 1.29 is 16.8 Å². The van der Waals surface area contributed by atoms with Gasteiger partial charge < -0.3 is 0 Å². The van der Waals surface area contributed by atoms with E-state index in [1.165, 1.54) is 18.2 Å². The molecule has 0 aromatic heterocycles. The Morgan fingerprint density at radius 3 is 2.47 bits per heavy atom. The number of alkyl halides is 1. The number of benzene rings is 1. The quantitative estimate of drug-likeness (QED) is 0.831. The van der Waals surface area contributed by atoms with Crippen LogP contribution in [0.5, 0.6) is 0 Å². The third kappa shape index (κ3) is 3.61. The molecule has 9 heteroatoms. The Balaban J connectivity index is 2.23. The van der Waals surface area contributed by atoms with Crippen LogP contribution < -0.4 is 4.72 Å². The number of sulfonamides is 1. The predicted molar refractivity (Wildman–Crippen MR) is 73.9 cm³/mol. The highest BCUT2D eigenvalue weighted by atomic mass is 35.5. The lowest BCUT2D eigenvalue weighted by Crippen LogP contribution is -2.40. The molecule has 0 aliphatic carbocycles. The van der Waals surface area contributed by atoms with Gasteiger partial charge in [0.05, 0.1) is 27.8 Å². The topological polar surface area (TPSA) is 80.3 Å². The highest BCUT2D eigenvalue weighted by Gasteiger charge is 2.38. The van der Waals surface area contributed by atoms with E-state index in [0.29, 0.717) is 0 Å². The fraction of sp³-hybridized carbons (Fsp3) is 0.400. The van der Waals surface area contributed by atoms with Crippen molar-refractivity contribution in [2.45, 2.75) is 16.3 Å². The van der Waals surface area contributed by atoms with Gasteiger partial charge >= 0.3 is 0 Å². The summed E-state index contributed by atoms with van der Waals surface area (Å²) in [6, 6.07) is 4.89. The van der Waals surface area contributed by atoms with Crippen molar-refractivity contribution >= 4 is 43.1 Å². The average Bonchev–Trinajstić information content (AvgIpc) is 2.51. The van der Waals surface area contributed by atoms with E-state index in [9.17, 15) is 16.8 Å². The lowest BCUT2D eigenvalue weighted by atomic mass is 10.3. The maximum Gasteiger partial charge on any atom is 0.240 e. The minimum Gasteiger partial charge on any atom is -0.229 e. The molecule has 2 rings (SSSR count). The molecule has 1 aromatic rings. The molecule has 5 nitrogen and oxygen atoms in total. The summed E-state index contributed by atoms with van der Waals surface area (Å²) in [4.78, 5) is -0.0202. The normalized spacial score (nSPS) is 26.4. The monoisotopic (exact) mass is 343 g/mol. The van der Waals surface area contributed by atoms with Crippen molar-refractivity contribution in [2.75, 3.05) is 11.5 Å². The average molecular weight is 344 g/mol. The van der Waals surface area contributed by atoms with E-state index >= 15 is 0 Å². The van der Waals surface area contributed by atoms with Gasteiger partial charge in [0.25, 0.3) is 0 Å². The number of rotatable bonds is 3. The summed E-state index contributed by atoms with van der Waals surface area (Å²) in [7, 11) is -7.12. The molecule has 19 heavy (non-hydrogen) atoms. The second-order valence-electron chi connectivity index (χ2n) is 4.28. The highest BCUT2D eigenvalue weighted by Crippen LogP contribution is 2.21. The van der Waals surface area contributed by atoms with E-state index in [1.54, 1.807) is 6.07 Å². The number of sulfone groups is 1. The second kappa shape index (κ2) is 5.21. The van der Waals surface area contributed by atoms with Crippen molar-refractivity contribution in [1.29, 1.82) is 0 Å². The Kier molecular flexibility index (Phi) is 4.13. The maximum absolute atomic E-state index is 12.1. The zero-order chi connectivity index (χ0) is 14.3. The first-order chi connectivity index (χ1) is 8.70. The van der Waals surface area contributed by atoms with Crippen LogP contribution in [-0.4, -0.2) is 39.8 Å². The molecule has 1 aliphatic heterocycles. The minimum atomic E-state index is -3.83. The molecule has 0 spiro atoms. The summed E-state index contributed by atoms with van der Waals surface area (Å²) in [5.74, 6) is -0.516. The highest BCUT2D eigenvalue weighted by molar-refractivity contribution is 7.92. The predicted octanol–water partition coefficient (Wildman–Crippen LogP) is 1.02. The van der Waals surface area contributed by atoms with Crippen LogP contribution in [0.25, 0.3) is 0 Å². The van der Waals surface area contributed by atoms with E-state index < -0.39 is 31.3 Å². The molecule has 2 unspecified atom stereocenters. The van der Waals surface area contributed by atoms with Crippen molar-refractivity contribution in [3.8, 4) is 0 Å². The molecule has 1 aromatic carbocycles. The standard InChI is InChI=1S/C10H11Cl2NO4S2/c11-7-2-1-3-8(4-7)19(16,17)13-10-6-18(14,15)5-9(10)12/h1-4,9-10,13H,5-6H2. The van der Waals surface area contributed by atoms with Crippen LogP contribution in [0.15, 0.2) is 29.2 Å². The van der Waals surface area contributed by atoms with Gasteiger partial charge in [0, 0.05) is 5.02 Å². The fourth-order valence-electron chi connectivity index (χ4n) is 1.81. The summed E-state index contributed by atoms with van der Waals surface area (Å²) in [5, 5.41) is -0.483. The summed E-state index contributed by atoms with van der Waals surface area (Å²) in [6.45, 7) is 0. The Bertz CT molecular complexity index is 687. The molecule has 1 heterocycles. The van der Waals surface area contributed by atoms with Gasteiger partial charge in [-0.25, -0.2) is 21.6 Å². The molecule has 1 fully saturated rings. The van der Waals surface area contributed by atoms with Crippen LogP contribution in [0.1, 0.15) is 0 Å². The molecule has 0 bridgehead atoms. The maximum atomic E-state index is 12.1. The zero-order valence-corrected chi connectivity index (χ0v) is 12.7. The van der Waals surface area contributed by atoms with Crippen LogP contribution >= 0.6 is 23.2 Å². The first-order valence-corrected chi connectivity index (χ1v) is 9.44. The van der Waals surface area contributed by atoms with Crippen LogP contribution in [0.2, 0.25) is 5.02 Å². The zero-order valence-electron chi connectivity index (χ0n) is 9.58. The van der Waals surface area contributed by atoms with Gasteiger partial charge in [-0.2, -0.15) is 0 Å². The molecule has 0 radical (unpaired) electrons. The first-order valence-electron chi connectivity index (χ1n) is 5.32. The van der Waals surface area contributed by atoms with Gasteiger partial charge in [0.1, 0.15) is 0 Å². The lowest BCUT2D eigenvalue weighted by molar-refractivity contribution is 0.563.